The molecule has 1 saturated heterocycles. The Bertz CT molecular complexity index is 470. The van der Waals surface area contributed by atoms with Crippen LogP contribution in [0.2, 0.25) is 0 Å². The summed E-state index contributed by atoms with van der Waals surface area (Å²) >= 11 is 0. The normalized spacial score (nSPS) is 19.3. The van der Waals surface area contributed by atoms with E-state index in [9.17, 15) is 4.79 Å². The molecule has 1 aromatic rings. The fraction of sp³-hybridized carbons (Fsp3) is 0.583. The lowest BCUT2D eigenvalue weighted by atomic mass is 10.3. The summed E-state index contributed by atoms with van der Waals surface area (Å²) < 4.78 is 0. The van der Waals surface area contributed by atoms with Gasteiger partial charge in [-0.15, -0.1) is 0 Å². The molecule has 0 saturated carbocycles. The van der Waals surface area contributed by atoms with Gasteiger partial charge < -0.3 is 15.1 Å². The van der Waals surface area contributed by atoms with Crippen molar-refractivity contribution >= 4 is 11.9 Å². The zero-order chi connectivity index (χ0) is 12.5. The van der Waals surface area contributed by atoms with E-state index in [1.807, 2.05) is 6.92 Å². The average Bonchev–Trinajstić information content (AvgIpc) is 2.76. The van der Waals surface area contributed by atoms with Crippen LogP contribution < -0.4 is 10.2 Å². The molecule has 0 bridgehead atoms. The van der Waals surface area contributed by atoms with E-state index in [0.717, 1.165) is 44.4 Å². The van der Waals surface area contributed by atoms with Crippen molar-refractivity contribution in [1.82, 2.24) is 20.2 Å². The van der Waals surface area contributed by atoms with Gasteiger partial charge in [-0.2, -0.15) is 0 Å². The van der Waals surface area contributed by atoms with E-state index in [1.165, 1.54) is 0 Å². The molecule has 0 aliphatic carbocycles. The first-order valence-electron chi connectivity index (χ1n) is 6.40. The number of nitrogens with one attached hydrogen (secondary N) is 1. The Balaban J connectivity index is 1.86. The number of carbonyl (C=O) groups is 1. The van der Waals surface area contributed by atoms with Gasteiger partial charge in [0.05, 0.1) is 17.8 Å². The van der Waals surface area contributed by atoms with Gasteiger partial charge in [0.25, 0.3) is 5.91 Å². The smallest absolute Gasteiger partial charge is 0.257 e. The highest BCUT2D eigenvalue weighted by atomic mass is 16.2. The first-order valence-corrected chi connectivity index (χ1v) is 6.40. The molecule has 0 radical (unpaired) electrons. The quantitative estimate of drug-likeness (QED) is 0.788. The van der Waals surface area contributed by atoms with Crippen LogP contribution >= 0.6 is 0 Å². The number of hydrogen-bond donors (Lipinski definition) is 1. The minimum absolute atomic E-state index is 0.0550. The van der Waals surface area contributed by atoms with Crippen LogP contribution in [0, 0.1) is 0 Å². The van der Waals surface area contributed by atoms with E-state index in [4.69, 9.17) is 0 Å². The number of piperazine rings is 1. The van der Waals surface area contributed by atoms with Crippen molar-refractivity contribution in [3.05, 3.63) is 17.5 Å². The van der Waals surface area contributed by atoms with Crippen molar-refractivity contribution in [3.63, 3.8) is 0 Å². The predicted octanol–water partition coefficient (Wildman–Crippen LogP) is -0.138. The van der Waals surface area contributed by atoms with Gasteiger partial charge in [0, 0.05) is 38.9 Å². The lowest BCUT2D eigenvalue weighted by Gasteiger charge is -2.27. The van der Waals surface area contributed by atoms with Crippen LogP contribution in [0.5, 0.6) is 0 Å². The molecule has 6 nitrogen and oxygen atoms in total. The van der Waals surface area contributed by atoms with E-state index in [2.05, 4.69) is 20.2 Å². The molecule has 6 heteroatoms. The summed E-state index contributed by atoms with van der Waals surface area (Å²) in [6, 6.07) is 0. The van der Waals surface area contributed by atoms with Crippen molar-refractivity contribution in [2.24, 2.45) is 0 Å². The molecule has 96 valence electrons. The second kappa shape index (κ2) is 4.53. The molecule has 2 aliphatic rings. The Morgan fingerprint density at radius 3 is 2.89 bits per heavy atom. The predicted molar refractivity (Wildman–Crippen MR) is 67.5 cm³/mol. The topological polar surface area (TPSA) is 61.4 Å². The third kappa shape index (κ3) is 1.82. The van der Waals surface area contributed by atoms with E-state index in [0.29, 0.717) is 12.1 Å². The summed E-state index contributed by atoms with van der Waals surface area (Å²) in [6.45, 7) is 7.08. The second-order valence-electron chi connectivity index (χ2n) is 4.59. The Morgan fingerprint density at radius 1 is 1.39 bits per heavy atom. The molecule has 3 rings (SSSR count). The second-order valence-corrected chi connectivity index (χ2v) is 4.59. The molecule has 0 aromatic carbocycles. The maximum absolute atomic E-state index is 11.9. The minimum atomic E-state index is 0.0550. The standard InChI is InChI=1S/C12H17N5O/c1-2-16-8-10-9(11(16)18)7-14-12(15-10)17-5-3-13-4-6-17/h7,13H,2-6,8H2,1H3. The molecule has 2 aliphatic heterocycles. The number of rotatable bonds is 2. The largest absolute Gasteiger partial charge is 0.338 e. The maximum Gasteiger partial charge on any atom is 0.257 e. The number of anilines is 1. The lowest BCUT2D eigenvalue weighted by molar-refractivity contribution is 0.0786. The van der Waals surface area contributed by atoms with Gasteiger partial charge in [-0.1, -0.05) is 0 Å². The van der Waals surface area contributed by atoms with Crippen LogP contribution in [0.3, 0.4) is 0 Å². The first-order chi connectivity index (χ1) is 8.79. The fourth-order valence-electron chi connectivity index (χ4n) is 2.40. The number of nitrogens with zero attached hydrogens (tertiary/aromatic N) is 4. The summed E-state index contributed by atoms with van der Waals surface area (Å²) in [6.07, 6.45) is 1.68. The van der Waals surface area contributed by atoms with Crippen LogP contribution in [0.25, 0.3) is 0 Å². The average molecular weight is 247 g/mol. The SMILES string of the molecule is CCN1Cc2nc(N3CCNCC3)ncc2C1=O. The van der Waals surface area contributed by atoms with Crippen molar-refractivity contribution in [1.29, 1.82) is 0 Å². The van der Waals surface area contributed by atoms with Gasteiger partial charge >= 0.3 is 0 Å². The van der Waals surface area contributed by atoms with Crippen LogP contribution in [0.15, 0.2) is 6.20 Å². The molecule has 1 amide bonds. The highest BCUT2D eigenvalue weighted by Crippen LogP contribution is 2.22. The number of amides is 1. The number of fused-ring (bicyclic) bond motifs is 1. The van der Waals surface area contributed by atoms with Gasteiger partial charge in [0.1, 0.15) is 0 Å². The summed E-state index contributed by atoms with van der Waals surface area (Å²) in [7, 11) is 0. The Hall–Kier alpha value is -1.69. The third-order valence-corrected chi connectivity index (χ3v) is 3.49. The van der Waals surface area contributed by atoms with E-state index >= 15 is 0 Å². The molecule has 3 heterocycles. The van der Waals surface area contributed by atoms with Gasteiger partial charge in [0.15, 0.2) is 0 Å². The van der Waals surface area contributed by atoms with Crippen molar-refractivity contribution in [3.8, 4) is 0 Å². The van der Waals surface area contributed by atoms with Gasteiger partial charge in [-0.3, -0.25) is 4.79 Å². The van der Waals surface area contributed by atoms with E-state index in [-0.39, 0.29) is 5.91 Å². The van der Waals surface area contributed by atoms with E-state index < -0.39 is 0 Å². The molecular formula is C12H17N5O. The summed E-state index contributed by atoms with van der Waals surface area (Å²) in [4.78, 5) is 24.8. The molecule has 1 fully saturated rings. The van der Waals surface area contributed by atoms with E-state index in [1.54, 1.807) is 11.1 Å². The van der Waals surface area contributed by atoms with Crippen LogP contribution in [0.1, 0.15) is 23.0 Å². The summed E-state index contributed by atoms with van der Waals surface area (Å²) in [5, 5.41) is 3.30. The Morgan fingerprint density at radius 2 is 2.17 bits per heavy atom. The lowest BCUT2D eigenvalue weighted by Crippen LogP contribution is -2.44. The van der Waals surface area contributed by atoms with Gasteiger partial charge in [-0.05, 0) is 6.92 Å². The highest BCUT2D eigenvalue weighted by Gasteiger charge is 2.28. The Kier molecular flexibility index (Phi) is 2.87. The summed E-state index contributed by atoms with van der Waals surface area (Å²) in [5.74, 6) is 0.806. The highest BCUT2D eigenvalue weighted by molar-refractivity contribution is 5.97. The minimum Gasteiger partial charge on any atom is -0.338 e. The number of hydrogen-bond acceptors (Lipinski definition) is 5. The van der Waals surface area contributed by atoms with Crippen molar-refractivity contribution < 1.29 is 4.79 Å². The molecular weight excluding hydrogens is 230 g/mol. The maximum atomic E-state index is 11.9. The number of carbonyl (C=O) groups excluding carboxylic acids is 1. The van der Waals surface area contributed by atoms with Crippen molar-refractivity contribution in [2.75, 3.05) is 37.6 Å². The Labute approximate surface area is 106 Å². The third-order valence-electron chi connectivity index (χ3n) is 3.49. The molecule has 0 spiro atoms. The van der Waals surface area contributed by atoms with Gasteiger partial charge in [-0.25, -0.2) is 9.97 Å². The summed E-state index contributed by atoms with van der Waals surface area (Å²) in [5.41, 5.74) is 1.53. The molecule has 1 N–H and O–H groups in total. The molecule has 1 aromatic heterocycles. The van der Waals surface area contributed by atoms with Crippen LogP contribution in [-0.4, -0.2) is 53.5 Å². The molecule has 18 heavy (non-hydrogen) atoms. The van der Waals surface area contributed by atoms with Crippen molar-refractivity contribution in [2.45, 2.75) is 13.5 Å². The molecule has 0 atom stereocenters. The fourth-order valence-corrected chi connectivity index (χ4v) is 2.40. The van der Waals surface area contributed by atoms with Crippen LogP contribution in [-0.2, 0) is 6.54 Å². The van der Waals surface area contributed by atoms with Crippen LogP contribution in [0.4, 0.5) is 5.95 Å². The monoisotopic (exact) mass is 247 g/mol. The van der Waals surface area contributed by atoms with Gasteiger partial charge in [0.2, 0.25) is 5.95 Å². The first kappa shape index (κ1) is 11.4. The number of aromatic nitrogens is 2. The zero-order valence-electron chi connectivity index (χ0n) is 10.5. The zero-order valence-corrected chi connectivity index (χ0v) is 10.5. The molecule has 0 unspecified atom stereocenters.